The molecule has 0 amide bonds. The maximum atomic E-state index is 5.91. The molecule has 0 radical (unpaired) electrons. The Morgan fingerprint density at radius 3 is 3.00 bits per heavy atom. The number of nitrogens with two attached hydrogens (primary N) is 1. The van der Waals surface area contributed by atoms with E-state index in [0.29, 0.717) is 6.61 Å². The van der Waals surface area contributed by atoms with Gasteiger partial charge in [0.15, 0.2) is 0 Å². The van der Waals surface area contributed by atoms with Crippen LogP contribution in [0.2, 0.25) is 0 Å². The van der Waals surface area contributed by atoms with Crippen LogP contribution in [-0.2, 0) is 11.3 Å². The highest BCUT2D eigenvalue weighted by Crippen LogP contribution is 2.24. The van der Waals surface area contributed by atoms with Crippen LogP contribution in [0.25, 0.3) is 0 Å². The van der Waals surface area contributed by atoms with E-state index in [1.54, 1.807) is 0 Å². The number of H-pyrrole nitrogens is 1. The van der Waals surface area contributed by atoms with Crippen LogP contribution in [0, 0.1) is 13.8 Å². The van der Waals surface area contributed by atoms with E-state index in [0.717, 1.165) is 42.4 Å². The lowest BCUT2D eigenvalue weighted by Crippen LogP contribution is -2.38. The zero-order chi connectivity index (χ0) is 14.8. The van der Waals surface area contributed by atoms with Crippen molar-refractivity contribution in [3.05, 3.63) is 41.0 Å². The molecule has 6 nitrogen and oxygen atoms in total. The van der Waals surface area contributed by atoms with Crippen molar-refractivity contribution in [2.45, 2.75) is 26.5 Å². The number of pyridine rings is 1. The van der Waals surface area contributed by atoms with E-state index in [4.69, 9.17) is 10.5 Å². The van der Waals surface area contributed by atoms with Crippen LogP contribution in [0.15, 0.2) is 18.3 Å². The Bertz CT molecular complexity index is 604. The number of aromatic amines is 1. The van der Waals surface area contributed by atoms with Gasteiger partial charge in [-0.2, -0.15) is 5.10 Å². The van der Waals surface area contributed by atoms with Gasteiger partial charge in [-0.3, -0.25) is 15.0 Å². The third-order valence-corrected chi connectivity index (χ3v) is 3.80. The second kappa shape index (κ2) is 5.83. The molecule has 6 heteroatoms. The van der Waals surface area contributed by atoms with Gasteiger partial charge in [0.05, 0.1) is 18.5 Å². The molecule has 1 aliphatic rings. The third-order valence-electron chi connectivity index (χ3n) is 3.80. The first-order chi connectivity index (χ1) is 10.1. The number of nitrogens with zero attached hydrogens (tertiary/aromatic N) is 3. The lowest BCUT2D eigenvalue weighted by molar-refractivity contribution is -0.0350. The number of nitrogens with one attached hydrogen (secondary N) is 1. The topological polar surface area (TPSA) is 80.1 Å². The van der Waals surface area contributed by atoms with Gasteiger partial charge in [0.25, 0.3) is 0 Å². The number of hydrogen-bond donors (Lipinski definition) is 2. The Hall–Kier alpha value is -1.92. The first-order valence-corrected chi connectivity index (χ1v) is 7.18. The van der Waals surface area contributed by atoms with Gasteiger partial charge in [0.1, 0.15) is 6.10 Å². The molecule has 21 heavy (non-hydrogen) atoms. The van der Waals surface area contributed by atoms with E-state index in [-0.39, 0.29) is 6.10 Å². The lowest BCUT2D eigenvalue weighted by Gasteiger charge is -2.32. The Morgan fingerprint density at radius 1 is 1.43 bits per heavy atom. The van der Waals surface area contributed by atoms with Gasteiger partial charge in [-0.05, 0) is 26.0 Å². The highest BCUT2D eigenvalue weighted by molar-refractivity contribution is 5.40. The van der Waals surface area contributed by atoms with E-state index in [9.17, 15) is 0 Å². The highest BCUT2D eigenvalue weighted by Gasteiger charge is 2.24. The van der Waals surface area contributed by atoms with Crippen molar-refractivity contribution in [2.75, 3.05) is 25.4 Å². The molecule has 3 rings (SSSR count). The normalized spacial score (nSPS) is 19.8. The molecular formula is C15H21N5O. The summed E-state index contributed by atoms with van der Waals surface area (Å²) in [5, 5.41) is 7.06. The summed E-state index contributed by atoms with van der Waals surface area (Å²) in [4.78, 5) is 6.92. The van der Waals surface area contributed by atoms with Gasteiger partial charge in [0.2, 0.25) is 0 Å². The first kappa shape index (κ1) is 14.0. The molecule has 1 saturated heterocycles. The van der Waals surface area contributed by atoms with Crippen molar-refractivity contribution in [3.8, 4) is 0 Å². The summed E-state index contributed by atoms with van der Waals surface area (Å²) in [6.45, 7) is 7.32. The van der Waals surface area contributed by atoms with Gasteiger partial charge in [-0.1, -0.05) is 0 Å². The van der Waals surface area contributed by atoms with Crippen LogP contribution < -0.4 is 5.73 Å². The van der Waals surface area contributed by atoms with Crippen molar-refractivity contribution in [2.24, 2.45) is 0 Å². The van der Waals surface area contributed by atoms with Gasteiger partial charge < -0.3 is 10.5 Å². The minimum Gasteiger partial charge on any atom is -0.399 e. The molecule has 0 spiro atoms. The molecule has 0 aliphatic carbocycles. The first-order valence-electron chi connectivity index (χ1n) is 7.18. The second-order valence-corrected chi connectivity index (χ2v) is 5.58. The predicted octanol–water partition coefficient (Wildman–Crippen LogP) is 1.58. The van der Waals surface area contributed by atoms with E-state index >= 15 is 0 Å². The number of nitrogen functional groups attached to an aromatic ring is 1. The van der Waals surface area contributed by atoms with Crippen molar-refractivity contribution in [1.29, 1.82) is 0 Å². The largest absolute Gasteiger partial charge is 0.399 e. The van der Waals surface area contributed by atoms with E-state index in [1.165, 1.54) is 5.56 Å². The number of anilines is 1. The van der Waals surface area contributed by atoms with Crippen LogP contribution in [0.3, 0.4) is 0 Å². The van der Waals surface area contributed by atoms with Crippen molar-refractivity contribution in [3.63, 3.8) is 0 Å². The maximum Gasteiger partial charge on any atom is 0.112 e. The van der Waals surface area contributed by atoms with Crippen LogP contribution in [-0.4, -0.2) is 39.8 Å². The predicted molar refractivity (Wildman–Crippen MR) is 80.7 cm³/mol. The zero-order valence-electron chi connectivity index (χ0n) is 12.5. The fraction of sp³-hybridized carbons (Fsp3) is 0.467. The zero-order valence-corrected chi connectivity index (χ0v) is 12.5. The summed E-state index contributed by atoms with van der Waals surface area (Å²) in [6, 6.07) is 3.78. The molecule has 0 aromatic carbocycles. The molecule has 1 fully saturated rings. The van der Waals surface area contributed by atoms with Crippen molar-refractivity contribution < 1.29 is 4.74 Å². The standard InChI is InChI=1S/C15H21N5O/c1-10-5-13(16)6-14(18-10)15-9-20(3-4-21-15)8-12-7-17-19-11(12)2/h5-7,15H,3-4,8-9H2,1-2H3,(H2,16,18)(H,17,19)/t15-/m0/s1. The molecule has 0 saturated carbocycles. The summed E-state index contributed by atoms with van der Waals surface area (Å²) in [7, 11) is 0. The van der Waals surface area contributed by atoms with Crippen LogP contribution in [0.1, 0.15) is 28.7 Å². The number of ether oxygens (including phenoxy) is 1. The summed E-state index contributed by atoms with van der Waals surface area (Å²) >= 11 is 0. The molecular weight excluding hydrogens is 266 g/mol. The summed E-state index contributed by atoms with van der Waals surface area (Å²) in [5.41, 5.74) is 10.8. The van der Waals surface area contributed by atoms with Crippen LogP contribution >= 0.6 is 0 Å². The quantitative estimate of drug-likeness (QED) is 0.896. The third kappa shape index (κ3) is 3.22. The fourth-order valence-corrected chi connectivity index (χ4v) is 2.69. The molecule has 1 aliphatic heterocycles. The van der Waals surface area contributed by atoms with Gasteiger partial charge in [0, 0.05) is 42.3 Å². The monoisotopic (exact) mass is 287 g/mol. The minimum absolute atomic E-state index is 0.0202. The fourth-order valence-electron chi connectivity index (χ4n) is 2.69. The average molecular weight is 287 g/mol. The van der Waals surface area contributed by atoms with Gasteiger partial charge >= 0.3 is 0 Å². The summed E-state index contributed by atoms with van der Waals surface area (Å²) in [6.07, 6.45) is 1.87. The Morgan fingerprint density at radius 2 is 2.29 bits per heavy atom. The second-order valence-electron chi connectivity index (χ2n) is 5.58. The van der Waals surface area contributed by atoms with E-state index in [2.05, 4.69) is 20.1 Å². The van der Waals surface area contributed by atoms with Gasteiger partial charge in [-0.15, -0.1) is 0 Å². The maximum absolute atomic E-state index is 5.91. The summed E-state index contributed by atoms with van der Waals surface area (Å²) in [5.74, 6) is 0. The molecule has 2 aromatic heterocycles. The number of aromatic nitrogens is 3. The molecule has 3 heterocycles. The van der Waals surface area contributed by atoms with E-state index in [1.807, 2.05) is 32.2 Å². The SMILES string of the molecule is Cc1cc(N)cc([C@@H]2CN(Cc3cn[nH]c3C)CCO2)n1. The molecule has 2 aromatic rings. The van der Waals surface area contributed by atoms with Crippen molar-refractivity contribution in [1.82, 2.24) is 20.1 Å². The summed E-state index contributed by atoms with van der Waals surface area (Å²) < 4.78 is 5.87. The number of morpholine rings is 1. The molecule has 3 N–H and O–H groups in total. The molecule has 1 atom stereocenters. The number of hydrogen-bond acceptors (Lipinski definition) is 5. The van der Waals surface area contributed by atoms with Crippen LogP contribution in [0.4, 0.5) is 5.69 Å². The molecule has 112 valence electrons. The Labute approximate surface area is 124 Å². The average Bonchev–Trinajstić information content (AvgIpc) is 2.84. The number of rotatable bonds is 3. The van der Waals surface area contributed by atoms with Crippen LogP contribution in [0.5, 0.6) is 0 Å². The number of aryl methyl sites for hydroxylation is 2. The van der Waals surface area contributed by atoms with Gasteiger partial charge in [-0.25, -0.2) is 0 Å². The lowest BCUT2D eigenvalue weighted by atomic mass is 10.1. The molecule has 0 unspecified atom stereocenters. The minimum atomic E-state index is -0.0202. The highest BCUT2D eigenvalue weighted by atomic mass is 16.5. The smallest absolute Gasteiger partial charge is 0.112 e. The Kier molecular flexibility index (Phi) is 3.90. The molecule has 0 bridgehead atoms. The Balaban J connectivity index is 1.72. The van der Waals surface area contributed by atoms with E-state index < -0.39 is 0 Å². The van der Waals surface area contributed by atoms with Crippen molar-refractivity contribution >= 4 is 5.69 Å².